The van der Waals surface area contributed by atoms with Gasteiger partial charge in [0.1, 0.15) is 5.82 Å². The Morgan fingerprint density at radius 2 is 1.70 bits per heavy atom. The molecular weight excluding hydrogens is 370 g/mol. The maximum absolute atomic E-state index is 4.83. The Hall–Kier alpha value is -3.73. The summed E-state index contributed by atoms with van der Waals surface area (Å²) in [5, 5.41) is 3.34. The molecule has 0 aliphatic rings. The van der Waals surface area contributed by atoms with Gasteiger partial charge in [-0.1, -0.05) is 48.5 Å². The molecule has 5 nitrogen and oxygen atoms in total. The van der Waals surface area contributed by atoms with Crippen LogP contribution in [0.3, 0.4) is 0 Å². The van der Waals surface area contributed by atoms with Crippen LogP contribution in [0, 0.1) is 6.92 Å². The minimum absolute atomic E-state index is 0.565. The van der Waals surface area contributed by atoms with E-state index in [1.165, 1.54) is 5.56 Å². The van der Waals surface area contributed by atoms with Gasteiger partial charge in [-0.25, -0.2) is 4.98 Å². The van der Waals surface area contributed by atoms with Crippen LogP contribution in [0.2, 0.25) is 0 Å². The molecule has 4 aromatic rings. The first kappa shape index (κ1) is 19.6. The molecule has 0 bridgehead atoms. The van der Waals surface area contributed by atoms with Gasteiger partial charge >= 0.3 is 0 Å². The van der Waals surface area contributed by atoms with Crippen molar-refractivity contribution in [3.8, 4) is 11.3 Å². The summed E-state index contributed by atoms with van der Waals surface area (Å²) in [6.07, 6.45) is 1.79. The zero-order chi connectivity index (χ0) is 20.8. The minimum Gasteiger partial charge on any atom is -0.348 e. The van der Waals surface area contributed by atoms with Gasteiger partial charge in [0.15, 0.2) is 0 Å². The van der Waals surface area contributed by atoms with Crippen molar-refractivity contribution >= 4 is 17.5 Å². The van der Waals surface area contributed by atoms with Crippen molar-refractivity contribution < 1.29 is 0 Å². The Kier molecular flexibility index (Phi) is 5.99. The zero-order valence-corrected chi connectivity index (χ0v) is 17.3. The molecule has 5 heteroatoms. The molecule has 0 atom stereocenters. The molecule has 0 amide bonds. The number of benzene rings is 2. The molecule has 2 heterocycles. The maximum Gasteiger partial charge on any atom is 0.225 e. The summed E-state index contributed by atoms with van der Waals surface area (Å²) in [5.74, 6) is 1.45. The zero-order valence-electron chi connectivity index (χ0n) is 17.3. The second-order valence-electron chi connectivity index (χ2n) is 7.06. The largest absolute Gasteiger partial charge is 0.348 e. The van der Waals surface area contributed by atoms with Crippen molar-refractivity contribution in [1.29, 1.82) is 0 Å². The highest BCUT2D eigenvalue weighted by Crippen LogP contribution is 2.29. The fourth-order valence-corrected chi connectivity index (χ4v) is 3.35. The summed E-state index contributed by atoms with van der Waals surface area (Å²) >= 11 is 0. The second-order valence-corrected chi connectivity index (χ2v) is 7.06. The summed E-state index contributed by atoms with van der Waals surface area (Å²) in [6.45, 7) is 5.60. The Balaban J connectivity index is 1.73. The van der Waals surface area contributed by atoms with Gasteiger partial charge < -0.3 is 10.2 Å². The van der Waals surface area contributed by atoms with Crippen molar-refractivity contribution in [3.05, 3.63) is 96.3 Å². The van der Waals surface area contributed by atoms with E-state index in [-0.39, 0.29) is 0 Å². The number of hydrogen-bond acceptors (Lipinski definition) is 5. The standard InChI is InChI=1S/C25H25N5/c1-3-30(22-14-9-10-19(2)16-22)24-17-23(20-11-5-4-6-12-20)28-25(29-24)27-18-21-13-7-8-15-26-21/h4-17H,3,18H2,1-2H3,(H,27,28,29). The van der Waals surface area contributed by atoms with Crippen LogP contribution in [0.1, 0.15) is 18.2 Å². The van der Waals surface area contributed by atoms with E-state index >= 15 is 0 Å². The molecule has 0 spiro atoms. The SMILES string of the molecule is CCN(c1cccc(C)c1)c1cc(-c2ccccc2)nc(NCc2ccccn2)n1. The fourth-order valence-electron chi connectivity index (χ4n) is 3.35. The van der Waals surface area contributed by atoms with E-state index in [1.807, 2.05) is 42.5 Å². The van der Waals surface area contributed by atoms with E-state index in [2.05, 4.69) is 65.4 Å². The van der Waals surface area contributed by atoms with Gasteiger partial charge in [-0.15, -0.1) is 0 Å². The van der Waals surface area contributed by atoms with Gasteiger partial charge in [0, 0.05) is 30.1 Å². The molecule has 0 saturated heterocycles. The smallest absolute Gasteiger partial charge is 0.225 e. The normalized spacial score (nSPS) is 10.6. The lowest BCUT2D eigenvalue weighted by molar-refractivity contribution is 0.958. The highest BCUT2D eigenvalue weighted by atomic mass is 15.2. The molecule has 0 aliphatic carbocycles. The first-order chi connectivity index (χ1) is 14.7. The van der Waals surface area contributed by atoms with Gasteiger partial charge in [-0.2, -0.15) is 4.98 Å². The van der Waals surface area contributed by atoms with Crippen LogP contribution in [0.4, 0.5) is 17.5 Å². The maximum atomic E-state index is 4.83. The third kappa shape index (κ3) is 4.63. The number of rotatable bonds is 7. The Morgan fingerprint density at radius 1 is 0.867 bits per heavy atom. The molecule has 150 valence electrons. The molecule has 0 fully saturated rings. The van der Waals surface area contributed by atoms with Gasteiger partial charge in [-0.05, 0) is 43.7 Å². The van der Waals surface area contributed by atoms with Gasteiger partial charge in [0.25, 0.3) is 0 Å². The highest BCUT2D eigenvalue weighted by molar-refractivity contribution is 5.69. The molecular formula is C25H25N5. The van der Waals surface area contributed by atoms with Crippen molar-refractivity contribution in [2.45, 2.75) is 20.4 Å². The van der Waals surface area contributed by atoms with Gasteiger partial charge in [-0.3, -0.25) is 4.98 Å². The van der Waals surface area contributed by atoms with E-state index in [9.17, 15) is 0 Å². The molecule has 0 radical (unpaired) electrons. The van der Waals surface area contributed by atoms with Crippen LogP contribution < -0.4 is 10.2 Å². The van der Waals surface area contributed by atoms with E-state index in [0.717, 1.165) is 35.0 Å². The lowest BCUT2D eigenvalue weighted by atomic mass is 10.1. The van der Waals surface area contributed by atoms with E-state index in [0.29, 0.717) is 12.5 Å². The lowest BCUT2D eigenvalue weighted by Crippen LogP contribution is -2.19. The number of nitrogens with one attached hydrogen (secondary N) is 1. The number of aryl methyl sites for hydroxylation is 1. The molecule has 1 N–H and O–H groups in total. The Labute approximate surface area is 177 Å². The number of aromatic nitrogens is 3. The van der Waals surface area contributed by atoms with Crippen molar-refractivity contribution in [1.82, 2.24) is 15.0 Å². The van der Waals surface area contributed by atoms with Crippen molar-refractivity contribution in [3.63, 3.8) is 0 Å². The number of pyridine rings is 1. The predicted octanol–water partition coefficient (Wildman–Crippen LogP) is 5.62. The minimum atomic E-state index is 0.565. The average molecular weight is 396 g/mol. The van der Waals surface area contributed by atoms with Gasteiger partial charge in [0.2, 0.25) is 5.95 Å². The average Bonchev–Trinajstić information content (AvgIpc) is 2.79. The molecule has 0 saturated carbocycles. The van der Waals surface area contributed by atoms with Crippen LogP contribution in [0.15, 0.2) is 85.1 Å². The van der Waals surface area contributed by atoms with Crippen LogP contribution in [0.25, 0.3) is 11.3 Å². The molecule has 2 aromatic heterocycles. The first-order valence-corrected chi connectivity index (χ1v) is 10.2. The van der Waals surface area contributed by atoms with Crippen LogP contribution in [-0.2, 0) is 6.54 Å². The summed E-state index contributed by atoms with van der Waals surface area (Å²) in [6, 6.07) is 26.6. The summed E-state index contributed by atoms with van der Waals surface area (Å²) < 4.78 is 0. The van der Waals surface area contributed by atoms with E-state index in [4.69, 9.17) is 9.97 Å². The Morgan fingerprint density at radius 3 is 2.43 bits per heavy atom. The van der Waals surface area contributed by atoms with Crippen molar-refractivity contribution in [2.75, 3.05) is 16.8 Å². The molecule has 30 heavy (non-hydrogen) atoms. The predicted molar refractivity (Wildman–Crippen MR) is 123 cm³/mol. The second kappa shape index (κ2) is 9.18. The van der Waals surface area contributed by atoms with Crippen LogP contribution in [-0.4, -0.2) is 21.5 Å². The van der Waals surface area contributed by atoms with Crippen molar-refractivity contribution in [2.24, 2.45) is 0 Å². The summed E-state index contributed by atoms with van der Waals surface area (Å²) in [4.78, 5) is 16.2. The molecule has 0 unspecified atom stereocenters. The quantitative estimate of drug-likeness (QED) is 0.440. The summed E-state index contributed by atoms with van der Waals surface area (Å²) in [7, 11) is 0. The summed E-state index contributed by atoms with van der Waals surface area (Å²) in [5.41, 5.74) is 5.22. The van der Waals surface area contributed by atoms with E-state index < -0.39 is 0 Å². The lowest BCUT2D eigenvalue weighted by Gasteiger charge is -2.23. The third-order valence-electron chi connectivity index (χ3n) is 4.84. The molecule has 2 aromatic carbocycles. The topological polar surface area (TPSA) is 53.9 Å². The van der Waals surface area contributed by atoms with Crippen LogP contribution in [0.5, 0.6) is 0 Å². The third-order valence-corrected chi connectivity index (χ3v) is 4.84. The molecule has 4 rings (SSSR count). The number of nitrogens with zero attached hydrogens (tertiary/aromatic N) is 4. The number of anilines is 3. The van der Waals surface area contributed by atoms with Gasteiger partial charge in [0.05, 0.1) is 17.9 Å². The highest BCUT2D eigenvalue weighted by Gasteiger charge is 2.14. The number of hydrogen-bond donors (Lipinski definition) is 1. The first-order valence-electron chi connectivity index (χ1n) is 10.2. The Bertz CT molecular complexity index is 1100. The molecule has 0 aliphatic heterocycles. The monoisotopic (exact) mass is 395 g/mol. The fraction of sp³-hybridized carbons (Fsp3) is 0.160. The van der Waals surface area contributed by atoms with Crippen LogP contribution >= 0.6 is 0 Å². The van der Waals surface area contributed by atoms with E-state index in [1.54, 1.807) is 6.20 Å².